The van der Waals surface area contributed by atoms with E-state index in [0.29, 0.717) is 11.8 Å². The van der Waals surface area contributed by atoms with Crippen LogP contribution in [0, 0.1) is 0 Å². The van der Waals surface area contributed by atoms with Gasteiger partial charge in [0, 0.05) is 5.15 Å². The first-order chi connectivity index (χ1) is 5.00. The van der Waals surface area contributed by atoms with Crippen molar-refractivity contribution in [3.63, 3.8) is 0 Å². The lowest BCUT2D eigenvalue weighted by atomic mass is 9.93. The highest BCUT2D eigenvalue weighted by Gasteiger charge is 2.54. The van der Waals surface area contributed by atoms with Crippen LogP contribution in [0.5, 0.6) is 0 Å². The molecule has 0 aromatic carbocycles. The summed E-state index contributed by atoms with van der Waals surface area (Å²) < 4.78 is 25.3. The number of aliphatic hydroxyl groups excluding tert-OH is 2. The fourth-order valence-electron chi connectivity index (χ4n) is 0.912. The summed E-state index contributed by atoms with van der Waals surface area (Å²) in [5.41, 5.74) is 0. The lowest BCUT2D eigenvalue weighted by Crippen LogP contribution is -2.40. The average molecular weight is 180 g/mol. The molecular formula is C5H7BF2O2S. The molecule has 2 nitrogen and oxygen atoms in total. The van der Waals surface area contributed by atoms with Gasteiger partial charge in [-0.1, -0.05) is 0 Å². The smallest absolute Gasteiger partial charge is 0.278 e. The van der Waals surface area contributed by atoms with E-state index in [1.54, 1.807) is 0 Å². The third kappa shape index (κ3) is 1.39. The molecule has 1 unspecified atom stereocenters. The fraction of sp³-hybridized carbons (Fsp3) is 1.00. The van der Waals surface area contributed by atoms with Gasteiger partial charge in [0.2, 0.25) is 0 Å². The molecule has 1 aliphatic rings. The second-order valence-corrected chi connectivity index (χ2v) is 3.78. The van der Waals surface area contributed by atoms with Crippen molar-refractivity contribution in [2.45, 2.75) is 22.4 Å². The number of aliphatic hydroxyl groups is 2. The highest BCUT2D eigenvalue weighted by molar-refractivity contribution is 8.02. The van der Waals surface area contributed by atoms with Crippen LogP contribution in [0.2, 0.25) is 0 Å². The summed E-state index contributed by atoms with van der Waals surface area (Å²) in [7, 11) is 5.01. The quantitative estimate of drug-likeness (QED) is 0.538. The predicted octanol–water partition coefficient (Wildman–Crippen LogP) is -0.415. The SMILES string of the molecule is [B]C1S[C@H](CO)[C@@H](O)C1(F)F. The number of alkyl halides is 2. The van der Waals surface area contributed by atoms with Gasteiger partial charge in [-0.2, -0.15) is 11.8 Å². The molecule has 0 bridgehead atoms. The molecule has 62 valence electrons. The Balaban J connectivity index is 2.71. The molecule has 11 heavy (non-hydrogen) atoms. The van der Waals surface area contributed by atoms with Gasteiger partial charge in [-0.15, -0.1) is 0 Å². The summed E-state index contributed by atoms with van der Waals surface area (Å²) >= 11 is 0.708. The monoisotopic (exact) mass is 180 g/mol. The maximum atomic E-state index is 12.7. The van der Waals surface area contributed by atoms with E-state index in [4.69, 9.17) is 18.1 Å². The Hall–Kier alpha value is 0.195. The van der Waals surface area contributed by atoms with Crippen LogP contribution >= 0.6 is 11.8 Å². The van der Waals surface area contributed by atoms with Crippen LogP contribution in [-0.4, -0.2) is 47.1 Å². The maximum Gasteiger partial charge on any atom is 0.278 e. The Morgan fingerprint density at radius 1 is 1.55 bits per heavy atom. The van der Waals surface area contributed by atoms with E-state index in [1.807, 2.05) is 0 Å². The van der Waals surface area contributed by atoms with Gasteiger partial charge < -0.3 is 10.2 Å². The van der Waals surface area contributed by atoms with Crippen LogP contribution in [-0.2, 0) is 0 Å². The summed E-state index contributed by atoms with van der Waals surface area (Å²) in [5.74, 6) is -3.28. The summed E-state index contributed by atoms with van der Waals surface area (Å²) in [4.78, 5) is 0. The van der Waals surface area contributed by atoms with E-state index in [-0.39, 0.29) is 0 Å². The zero-order valence-electron chi connectivity index (χ0n) is 5.58. The third-order valence-corrected chi connectivity index (χ3v) is 2.99. The Kier molecular flexibility index (Phi) is 2.46. The molecule has 0 spiro atoms. The van der Waals surface area contributed by atoms with E-state index in [1.165, 1.54) is 0 Å². The first kappa shape index (κ1) is 9.28. The molecule has 1 rings (SSSR count). The van der Waals surface area contributed by atoms with E-state index < -0.39 is 29.0 Å². The normalized spacial score (nSPS) is 42.7. The minimum atomic E-state index is -3.28. The van der Waals surface area contributed by atoms with Crippen molar-refractivity contribution in [3.05, 3.63) is 0 Å². The van der Waals surface area contributed by atoms with Gasteiger partial charge in [-0.3, -0.25) is 0 Å². The van der Waals surface area contributed by atoms with Crippen molar-refractivity contribution in [2.24, 2.45) is 0 Å². The molecule has 6 heteroatoms. The topological polar surface area (TPSA) is 40.5 Å². The zero-order valence-corrected chi connectivity index (χ0v) is 6.39. The summed E-state index contributed by atoms with van der Waals surface area (Å²) in [6.45, 7) is -0.477. The number of halogens is 2. The molecule has 3 atom stereocenters. The molecule has 0 aliphatic carbocycles. The Bertz CT molecular complexity index is 157. The van der Waals surface area contributed by atoms with E-state index >= 15 is 0 Å². The molecule has 0 aromatic heterocycles. The van der Waals surface area contributed by atoms with Gasteiger partial charge in [-0.25, -0.2) is 8.78 Å². The highest BCUT2D eigenvalue weighted by Crippen LogP contribution is 2.43. The van der Waals surface area contributed by atoms with Crippen LogP contribution in [0.3, 0.4) is 0 Å². The minimum absolute atomic E-state index is 0.477. The predicted molar refractivity (Wildman–Crippen MR) is 39.0 cm³/mol. The number of hydrogen-bond acceptors (Lipinski definition) is 3. The van der Waals surface area contributed by atoms with Crippen LogP contribution in [0.4, 0.5) is 8.78 Å². The summed E-state index contributed by atoms with van der Waals surface area (Å²) in [5, 5.41) is 15.1. The molecule has 0 aromatic rings. The molecule has 2 radical (unpaired) electrons. The molecule has 2 N–H and O–H groups in total. The van der Waals surface area contributed by atoms with Crippen molar-refractivity contribution < 1.29 is 19.0 Å². The maximum absolute atomic E-state index is 12.7. The van der Waals surface area contributed by atoms with Crippen molar-refractivity contribution in [3.8, 4) is 0 Å². The van der Waals surface area contributed by atoms with E-state index in [2.05, 4.69) is 0 Å². The number of hydrogen-bond donors (Lipinski definition) is 2. The Labute approximate surface area is 68.4 Å². The summed E-state index contributed by atoms with van der Waals surface area (Å²) in [6, 6.07) is 0. The van der Waals surface area contributed by atoms with Gasteiger partial charge in [-0.05, 0) is 0 Å². The standard InChI is InChI=1S/C5H7BF2O2S/c6-4-5(7,8)3(10)2(1-9)11-4/h2-4,9-10H,1H2/t2-,3-,4?/m1/s1. The van der Waals surface area contributed by atoms with Gasteiger partial charge in [0.25, 0.3) is 5.92 Å². The van der Waals surface area contributed by atoms with Crippen LogP contribution in [0.1, 0.15) is 0 Å². The highest BCUT2D eigenvalue weighted by atomic mass is 32.2. The molecule has 1 saturated heterocycles. The Morgan fingerprint density at radius 2 is 2.09 bits per heavy atom. The number of thioether (sulfide) groups is 1. The lowest BCUT2D eigenvalue weighted by molar-refractivity contribution is -0.0905. The third-order valence-electron chi connectivity index (χ3n) is 1.63. The van der Waals surface area contributed by atoms with Crippen molar-refractivity contribution >= 4 is 19.6 Å². The molecular weight excluding hydrogens is 173 g/mol. The Morgan fingerprint density at radius 3 is 2.27 bits per heavy atom. The van der Waals surface area contributed by atoms with Crippen molar-refractivity contribution in [1.82, 2.24) is 0 Å². The minimum Gasteiger partial charge on any atom is -0.395 e. The molecule has 1 heterocycles. The lowest BCUT2D eigenvalue weighted by Gasteiger charge is -2.18. The van der Waals surface area contributed by atoms with Gasteiger partial charge >= 0.3 is 0 Å². The molecule has 0 amide bonds. The second kappa shape index (κ2) is 2.92. The molecule has 1 fully saturated rings. The largest absolute Gasteiger partial charge is 0.395 e. The van der Waals surface area contributed by atoms with Gasteiger partial charge in [0.1, 0.15) is 6.10 Å². The van der Waals surface area contributed by atoms with Crippen LogP contribution < -0.4 is 0 Å². The van der Waals surface area contributed by atoms with Crippen molar-refractivity contribution in [2.75, 3.05) is 6.61 Å². The molecule has 0 saturated carbocycles. The van der Waals surface area contributed by atoms with E-state index in [0.717, 1.165) is 0 Å². The molecule has 1 aliphatic heterocycles. The second-order valence-electron chi connectivity index (χ2n) is 2.40. The van der Waals surface area contributed by atoms with Crippen LogP contribution in [0.15, 0.2) is 0 Å². The van der Waals surface area contributed by atoms with Gasteiger partial charge in [0.15, 0.2) is 0 Å². The van der Waals surface area contributed by atoms with Crippen LogP contribution in [0.25, 0.3) is 0 Å². The average Bonchev–Trinajstić information content (AvgIpc) is 2.14. The number of rotatable bonds is 1. The zero-order chi connectivity index (χ0) is 8.65. The van der Waals surface area contributed by atoms with Crippen molar-refractivity contribution in [1.29, 1.82) is 0 Å². The van der Waals surface area contributed by atoms with Gasteiger partial charge in [0.05, 0.1) is 19.7 Å². The van der Waals surface area contributed by atoms with E-state index in [9.17, 15) is 8.78 Å². The summed E-state index contributed by atoms with van der Waals surface area (Å²) in [6.07, 6.45) is -1.83. The first-order valence-corrected chi connectivity index (χ1v) is 4.02. The first-order valence-electron chi connectivity index (χ1n) is 3.08. The fourth-order valence-corrected chi connectivity index (χ4v) is 2.03.